The molecule has 1 aliphatic heterocycles. The van der Waals surface area contributed by atoms with Crippen molar-refractivity contribution in [2.24, 2.45) is 0 Å². The fourth-order valence-electron chi connectivity index (χ4n) is 3.97. The lowest BCUT2D eigenvalue weighted by Crippen LogP contribution is -2.32. The number of nitrogens with one attached hydrogen (secondary N) is 1. The van der Waals surface area contributed by atoms with E-state index in [1.165, 1.54) is 24.3 Å². The first-order chi connectivity index (χ1) is 17.2. The van der Waals surface area contributed by atoms with Gasteiger partial charge < -0.3 is 10.1 Å². The van der Waals surface area contributed by atoms with Crippen LogP contribution < -0.4 is 5.32 Å². The number of nitrogens with zero attached hydrogens (tertiary/aromatic N) is 2. The average Bonchev–Trinajstić information content (AvgIpc) is 3.31. The van der Waals surface area contributed by atoms with Crippen molar-refractivity contribution in [2.75, 3.05) is 18.5 Å². The highest BCUT2D eigenvalue weighted by atomic mass is 32.1. The Balaban J connectivity index is 1.55. The molecule has 184 valence electrons. The van der Waals surface area contributed by atoms with Crippen molar-refractivity contribution >= 4 is 45.7 Å². The van der Waals surface area contributed by atoms with Crippen LogP contribution in [0.5, 0.6) is 0 Å². The Bertz CT molecular complexity index is 1360. The van der Waals surface area contributed by atoms with Crippen molar-refractivity contribution < 1.29 is 28.8 Å². The van der Waals surface area contributed by atoms with Gasteiger partial charge in [0.2, 0.25) is 5.91 Å². The maximum Gasteiger partial charge on any atom is 0.341 e. The van der Waals surface area contributed by atoms with Gasteiger partial charge in [0, 0.05) is 35.5 Å². The zero-order valence-electron chi connectivity index (χ0n) is 19.4. The summed E-state index contributed by atoms with van der Waals surface area (Å²) in [5, 5.41) is 14.0. The van der Waals surface area contributed by atoms with E-state index in [0.29, 0.717) is 27.1 Å². The molecule has 11 heteroatoms. The quantitative estimate of drug-likeness (QED) is 0.206. The van der Waals surface area contributed by atoms with E-state index in [-0.39, 0.29) is 35.8 Å². The monoisotopic (exact) mass is 507 g/mol. The lowest BCUT2D eigenvalue weighted by molar-refractivity contribution is -0.384. The fraction of sp³-hybridized carbons (Fsp3) is 0.200. The van der Waals surface area contributed by atoms with Crippen molar-refractivity contribution in [3.63, 3.8) is 0 Å². The number of thiophene rings is 1. The molecule has 0 fully saturated rings. The number of hydrogen-bond donors (Lipinski definition) is 1. The second kappa shape index (κ2) is 10.1. The summed E-state index contributed by atoms with van der Waals surface area (Å²) in [6.45, 7) is 3.41. The molecule has 1 aliphatic rings. The predicted molar refractivity (Wildman–Crippen MR) is 132 cm³/mol. The van der Waals surface area contributed by atoms with Gasteiger partial charge in [0.05, 0.1) is 22.7 Å². The Morgan fingerprint density at radius 3 is 2.22 bits per heavy atom. The van der Waals surface area contributed by atoms with Crippen molar-refractivity contribution in [1.29, 1.82) is 0 Å². The number of amides is 3. The smallest absolute Gasteiger partial charge is 0.341 e. The third kappa shape index (κ3) is 4.60. The van der Waals surface area contributed by atoms with Gasteiger partial charge in [0.25, 0.3) is 17.5 Å². The maximum absolute atomic E-state index is 12.8. The average molecular weight is 508 g/mol. The van der Waals surface area contributed by atoms with Crippen molar-refractivity contribution in [3.8, 4) is 11.1 Å². The number of ether oxygens (including phenoxy) is 1. The van der Waals surface area contributed by atoms with E-state index in [1.807, 2.05) is 0 Å². The molecule has 0 aliphatic carbocycles. The van der Waals surface area contributed by atoms with Crippen molar-refractivity contribution in [2.45, 2.75) is 20.3 Å². The molecule has 0 saturated heterocycles. The number of rotatable bonds is 8. The number of carbonyl (C=O) groups is 4. The normalized spacial score (nSPS) is 12.4. The molecule has 0 unspecified atom stereocenters. The van der Waals surface area contributed by atoms with E-state index in [4.69, 9.17) is 4.74 Å². The third-order valence-corrected chi connectivity index (χ3v) is 6.64. The minimum absolute atomic E-state index is 0.0917. The summed E-state index contributed by atoms with van der Waals surface area (Å²) in [7, 11) is 0. The summed E-state index contributed by atoms with van der Waals surface area (Å²) >= 11 is 1.16. The topological polar surface area (TPSA) is 136 Å². The molecule has 2 heterocycles. The van der Waals surface area contributed by atoms with E-state index in [0.717, 1.165) is 16.2 Å². The van der Waals surface area contributed by atoms with Crippen molar-refractivity contribution in [1.82, 2.24) is 4.90 Å². The molecule has 0 radical (unpaired) electrons. The Morgan fingerprint density at radius 2 is 1.67 bits per heavy atom. The van der Waals surface area contributed by atoms with Gasteiger partial charge in [-0.25, -0.2) is 4.79 Å². The summed E-state index contributed by atoms with van der Waals surface area (Å²) in [5.74, 6) is -2.05. The number of non-ortho nitro benzene ring substituents is 1. The minimum Gasteiger partial charge on any atom is -0.462 e. The second-order valence-corrected chi connectivity index (χ2v) is 9.09. The highest BCUT2D eigenvalue weighted by Crippen LogP contribution is 2.41. The number of aryl methyl sites for hydroxylation is 1. The molecule has 4 rings (SSSR count). The van der Waals surface area contributed by atoms with Crippen LogP contribution in [-0.2, 0) is 9.53 Å². The SMILES string of the molecule is CCOC(=O)c1c(NC(=O)CCN2C(=O)c3ccccc3C2=O)sc(C)c1-c1ccc([N+](=O)[O-])cc1. The van der Waals surface area contributed by atoms with Crippen LogP contribution in [0.3, 0.4) is 0 Å². The van der Waals surface area contributed by atoms with Gasteiger partial charge in [-0.2, -0.15) is 0 Å². The zero-order valence-corrected chi connectivity index (χ0v) is 20.2. The third-order valence-electron chi connectivity index (χ3n) is 5.62. The zero-order chi connectivity index (χ0) is 26.0. The van der Waals surface area contributed by atoms with Crippen LogP contribution in [0.25, 0.3) is 11.1 Å². The summed E-state index contributed by atoms with van der Waals surface area (Å²) in [5.41, 5.74) is 1.71. The molecular formula is C25H21N3O7S. The van der Waals surface area contributed by atoms with Crippen molar-refractivity contribution in [3.05, 3.63) is 80.2 Å². The van der Waals surface area contributed by atoms with Crippen LogP contribution in [0.4, 0.5) is 10.7 Å². The van der Waals surface area contributed by atoms with Crippen LogP contribution in [0, 0.1) is 17.0 Å². The first kappa shape index (κ1) is 24.7. The van der Waals surface area contributed by atoms with Crippen LogP contribution in [0.2, 0.25) is 0 Å². The van der Waals surface area contributed by atoms with Gasteiger partial charge in [-0.05, 0) is 43.7 Å². The Kier molecular flexibility index (Phi) is 6.93. The number of nitro benzene ring substituents is 1. The van der Waals surface area contributed by atoms with E-state index in [1.54, 1.807) is 38.1 Å². The number of nitro groups is 1. The molecule has 10 nitrogen and oxygen atoms in total. The first-order valence-corrected chi connectivity index (χ1v) is 11.8. The molecular weight excluding hydrogens is 486 g/mol. The molecule has 0 atom stereocenters. The fourth-order valence-corrected chi connectivity index (χ4v) is 5.05. The number of benzene rings is 2. The van der Waals surface area contributed by atoms with Gasteiger partial charge in [0.1, 0.15) is 10.6 Å². The highest BCUT2D eigenvalue weighted by Gasteiger charge is 2.35. The summed E-state index contributed by atoms with van der Waals surface area (Å²) in [6.07, 6.45) is -0.169. The molecule has 1 N–H and O–H groups in total. The molecule has 0 spiro atoms. The predicted octanol–water partition coefficient (Wildman–Crippen LogP) is 4.43. The van der Waals surface area contributed by atoms with Gasteiger partial charge in [-0.15, -0.1) is 11.3 Å². The van der Waals surface area contributed by atoms with Crippen LogP contribution >= 0.6 is 11.3 Å². The largest absolute Gasteiger partial charge is 0.462 e. The van der Waals surface area contributed by atoms with Gasteiger partial charge in [0.15, 0.2) is 0 Å². The second-order valence-electron chi connectivity index (χ2n) is 7.87. The minimum atomic E-state index is -0.647. The number of anilines is 1. The Hall–Kier alpha value is -4.38. The lowest BCUT2D eigenvalue weighted by atomic mass is 10.0. The lowest BCUT2D eigenvalue weighted by Gasteiger charge is -2.13. The van der Waals surface area contributed by atoms with E-state index >= 15 is 0 Å². The molecule has 3 amide bonds. The maximum atomic E-state index is 12.8. The summed E-state index contributed by atoms with van der Waals surface area (Å²) < 4.78 is 5.20. The van der Waals surface area contributed by atoms with E-state index in [9.17, 15) is 29.3 Å². The van der Waals surface area contributed by atoms with Crippen LogP contribution in [-0.4, -0.2) is 46.7 Å². The Labute approximate surface area is 209 Å². The van der Waals surface area contributed by atoms with E-state index < -0.39 is 28.6 Å². The van der Waals surface area contributed by atoms with Gasteiger partial charge in [-0.3, -0.25) is 29.4 Å². The van der Waals surface area contributed by atoms with Crippen LogP contribution in [0.15, 0.2) is 48.5 Å². The molecule has 0 bridgehead atoms. The number of fused-ring (bicyclic) bond motifs is 1. The molecule has 36 heavy (non-hydrogen) atoms. The van der Waals surface area contributed by atoms with Gasteiger partial charge in [-0.1, -0.05) is 12.1 Å². The molecule has 3 aromatic rings. The number of carbonyl (C=O) groups excluding carboxylic acids is 4. The summed E-state index contributed by atoms with van der Waals surface area (Å²) in [6, 6.07) is 12.2. The van der Waals surface area contributed by atoms with E-state index in [2.05, 4.69) is 5.32 Å². The summed E-state index contributed by atoms with van der Waals surface area (Å²) in [4.78, 5) is 62.9. The van der Waals surface area contributed by atoms with Gasteiger partial charge >= 0.3 is 5.97 Å². The molecule has 0 saturated carbocycles. The molecule has 1 aromatic heterocycles. The highest BCUT2D eigenvalue weighted by molar-refractivity contribution is 7.17. The first-order valence-electron chi connectivity index (χ1n) is 11.0. The van der Waals surface area contributed by atoms with Crippen LogP contribution in [0.1, 0.15) is 49.3 Å². The standard InChI is InChI=1S/C25H21N3O7S/c1-3-35-25(32)21-20(15-8-10-16(11-9-15)28(33)34)14(2)36-22(21)26-19(29)12-13-27-23(30)17-6-4-5-7-18(17)24(27)31/h4-11H,3,12-13H2,1-2H3,(H,26,29). The number of imide groups is 1. The number of esters is 1. The molecule has 2 aromatic carbocycles. The Morgan fingerprint density at radius 1 is 1.06 bits per heavy atom. The number of hydrogen-bond acceptors (Lipinski definition) is 8.